The number of hydrogen-bond donors (Lipinski definition) is 0. The lowest BCUT2D eigenvalue weighted by Crippen LogP contribution is -2.24. The van der Waals surface area contributed by atoms with E-state index in [1.54, 1.807) is 0 Å². The van der Waals surface area contributed by atoms with Crippen molar-refractivity contribution in [2.24, 2.45) is 0 Å². The van der Waals surface area contributed by atoms with Gasteiger partial charge in [0.2, 0.25) is 5.91 Å². The Morgan fingerprint density at radius 2 is 2.04 bits per heavy atom. The molecular weight excluding hydrogens is 286 g/mol. The van der Waals surface area contributed by atoms with Gasteiger partial charge in [0.05, 0.1) is 23.3 Å². The summed E-state index contributed by atoms with van der Waals surface area (Å²) in [5.74, 6) is -0.910. The van der Waals surface area contributed by atoms with E-state index < -0.39 is 68.3 Å². The van der Waals surface area contributed by atoms with Gasteiger partial charge >= 0.3 is 0 Å². The van der Waals surface area contributed by atoms with Crippen LogP contribution in [0.15, 0.2) is 42.5 Å². The van der Waals surface area contributed by atoms with Crippen molar-refractivity contribution in [3.63, 3.8) is 0 Å². The van der Waals surface area contributed by atoms with Crippen molar-refractivity contribution in [2.75, 3.05) is 14.0 Å². The number of likely N-dealkylation sites (N-methyl/N-ethyl adjacent to an activating group) is 1. The number of benzene rings is 1. The van der Waals surface area contributed by atoms with Gasteiger partial charge in [-0.3, -0.25) is 4.79 Å². The van der Waals surface area contributed by atoms with Gasteiger partial charge in [0.15, 0.2) is 0 Å². The summed E-state index contributed by atoms with van der Waals surface area (Å²) in [6.07, 6.45) is 0.528. The molecule has 0 aliphatic heterocycles. The van der Waals surface area contributed by atoms with Gasteiger partial charge in [-0.1, -0.05) is 35.8 Å². The van der Waals surface area contributed by atoms with Gasteiger partial charge in [0.25, 0.3) is 0 Å². The topological polar surface area (TPSA) is 37.6 Å². The zero-order valence-electron chi connectivity index (χ0n) is 25.2. The summed E-state index contributed by atoms with van der Waals surface area (Å²) in [7, 11) is 1.05. The highest BCUT2D eigenvalue weighted by molar-refractivity contribution is 5.81. The monoisotopic (exact) mass is 320 g/mol. The number of hydrogen-bond acceptors (Lipinski definition) is 2. The van der Waals surface area contributed by atoms with Crippen molar-refractivity contribution in [2.45, 2.75) is 20.1 Å². The first kappa shape index (κ1) is 6.11. The standard InChI is InChI=1S/C19H21N3O/c1-13-5-8-15(9-6-13)19-16(11-18(23)21(3)4)22-12-14(2)7-10-17(22)20-19/h5-10,12H,11H2,1-4H3/i1D3,2D3,3D3,5D,6D,8D,9D. The van der Waals surface area contributed by atoms with Crippen LogP contribution in [0.2, 0.25) is 0 Å². The highest BCUT2D eigenvalue weighted by atomic mass is 16.2. The first-order chi connectivity index (χ1) is 16.3. The highest BCUT2D eigenvalue weighted by Crippen LogP contribution is 2.26. The maximum absolute atomic E-state index is 12.8. The van der Waals surface area contributed by atoms with Crippen LogP contribution in [0, 0.1) is 13.7 Å². The van der Waals surface area contributed by atoms with Crippen LogP contribution in [-0.2, 0) is 11.2 Å². The number of carbonyl (C=O) groups excluding carboxylic acids is 1. The third kappa shape index (κ3) is 2.97. The van der Waals surface area contributed by atoms with E-state index in [2.05, 4.69) is 4.98 Å². The van der Waals surface area contributed by atoms with E-state index >= 15 is 0 Å². The van der Waals surface area contributed by atoms with Gasteiger partial charge in [0, 0.05) is 38.1 Å². The second kappa shape index (κ2) is 5.88. The Morgan fingerprint density at radius 1 is 1.26 bits per heavy atom. The molecule has 0 aliphatic carbocycles. The summed E-state index contributed by atoms with van der Waals surface area (Å²) < 4.78 is 103. The molecule has 3 aromatic rings. The molecule has 4 heteroatoms. The number of rotatable bonds is 3. The van der Waals surface area contributed by atoms with Crippen molar-refractivity contribution in [1.82, 2.24) is 14.3 Å². The minimum atomic E-state index is -2.94. The lowest BCUT2D eigenvalue weighted by molar-refractivity contribution is -0.128. The zero-order valence-corrected chi connectivity index (χ0v) is 12.2. The van der Waals surface area contributed by atoms with E-state index in [1.165, 1.54) is 22.7 Å². The van der Waals surface area contributed by atoms with Crippen molar-refractivity contribution < 1.29 is 22.6 Å². The van der Waals surface area contributed by atoms with Crippen LogP contribution in [0.3, 0.4) is 0 Å². The predicted octanol–water partition coefficient (Wildman–Crippen LogP) is 3.25. The van der Waals surface area contributed by atoms with E-state index in [0.29, 0.717) is 4.90 Å². The average molecular weight is 320 g/mol. The number of aromatic nitrogens is 2. The molecule has 23 heavy (non-hydrogen) atoms. The Labute approximate surface area is 154 Å². The molecule has 0 radical (unpaired) electrons. The fraction of sp³-hybridized carbons (Fsp3) is 0.263. The molecule has 0 fully saturated rings. The summed E-state index contributed by atoms with van der Waals surface area (Å²) in [5, 5.41) is 0. The fourth-order valence-corrected chi connectivity index (χ4v) is 2.16. The van der Waals surface area contributed by atoms with Crippen molar-refractivity contribution in [3.8, 4) is 11.3 Å². The number of aryl methyl sites for hydroxylation is 1. The Bertz CT molecular complexity index is 1320. The smallest absolute Gasteiger partial charge is 0.228 e. The highest BCUT2D eigenvalue weighted by Gasteiger charge is 2.18. The number of carbonyl (C=O) groups is 1. The lowest BCUT2D eigenvalue weighted by atomic mass is 10.1. The quantitative estimate of drug-likeness (QED) is 0.743. The molecule has 0 saturated carbocycles. The maximum atomic E-state index is 12.8. The van der Waals surface area contributed by atoms with Crippen molar-refractivity contribution in [3.05, 3.63) is 59.3 Å². The van der Waals surface area contributed by atoms with Crippen molar-refractivity contribution in [1.29, 1.82) is 0 Å². The van der Waals surface area contributed by atoms with Gasteiger partial charge in [-0.2, -0.15) is 0 Å². The molecule has 0 spiro atoms. The molecule has 0 atom stereocenters. The normalized spacial score (nSPS) is 20.8. The molecule has 4 nitrogen and oxygen atoms in total. The summed E-state index contributed by atoms with van der Waals surface area (Å²) in [6, 6.07) is -0.489. The first-order valence-electron chi connectivity index (χ1n) is 13.2. The molecule has 0 aliphatic rings. The molecule has 1 amide bonds. The maximum Gasteiger partial charge on any atom is 0.228 e. The lowest BCUT2D eigenvalue weighted by Gasteiger charge is -2.11. The molecule has 1 aromatic carbocycles. The van der Waals surface area contributed by atoms with Crippen LogP contribution in [-0.4, -0.2) is 34.2 Å². The molecule has 2 aromatic heterocycles. The van der Waals surface area contributed by atoms with Crippen LogP contribution in [0.5, 0.6) is 0 Å². The Kier molecular flexibility index (Phi) is 1.56. The van der Waals surface area contributed by atoms with Gasteiger partial charge in [-0.25, -0.2) is 4.98 Å². The van der Waals surface area contributed by atoms with Gasteiger partial charge in [-0.05, 0) is 25.3 Å². The minimum Gasteiger partial charge on any atom is -0.348 e. The molecule has 0 N–H and O–H groups in total. The Morgan fingerprint density at radius 3 is 2.74 bits per heavy atom. The van der Waals surface area contributed by atoms with E-state index in [4.69, 9.17) is 17.8 Å². The number of fused-ring (bicyclic) bond motifs is 1. The van der Waals surface area contributed by atoms with Crippen molar-refractivity contribution >= 4 is 11.6 Å². The van der Waals surface area contributed by atoms with Gasteiger partial charge in [-0.15, -0.1) is 0 Å². The summed E-state index contributed by atoms with van der Waals surface area (Å²) in [5.41, 5.74) is -1.55. The van der Waals surface area contributed by atoms with E-state index in [-0.39, 0.29) is 22.6 Å². The molecular formula is C19H21N3O. The molecule has 2 heterocycles. The van der Waals surface area contributed by atoms with E-state index in [9.17, 15) is 4.79 Å². The van der Waals surface area contributed by atoms with Gasteiger partial charge in [0.1, 0.15) is 5.65 Å². The van der Waals surface area contributed by atoms with Gasteiger partial charge < -0.3 is 9.30 Å². The summed E-state index contributed by atoms with van der Waals surface area (Å²) >= 11 is 0. The van der Waals surface area contributed by atoms with Crippen LogP contribution >= 0.6 is 0 Å². The predicted molar refractivity (Wildman–Crippen MR) is 92.5 cm³/mol. The van der Waals surface area contributed by atoms with E-state index in [0.717, 1.165) is 7.05 Å². The summed E-state index contributed by atoms with van der Waals surface area (Å²) in [4.78, 5) is 17.6. The van der Waals surface area contributed by atoms with Crippen LogP contribution in [0.1, 0.15) is 34.6 Å². The summed E-state index contributed by atoms with van der Waals surface area (Å²) in [6.45, 7) is -8.26. The van der Waals surface area contributed by atoms with Crippen LogP contribution in [0.4, 0.5) is 0 Å². The van der Waals surface area contributed by atoms with E-state index in [1.807, 2.05) is 0 Å². The fourth-order valence-electron chi connectivity index (χ4n) is 2.16. The minimum absolute atomic E-state index is 0.0837. The third-order valence-corrected chi connectivity index (χ3v) is 3.27. The Hall–Kier alpha value is -2.62. The zero-order chi connectivity index (χ0) is 27.5. The number of amides is 1. The molecule has 0 bridgehead atoms. The van der Waals surface area contributed by atoms with Crippen LogP contribution < -0.4 is 0 Å². The number of nitrogens with zero attached hydrogens (tertiary/aromatic N) is 3. The largest absolute Gasteiger partial charge is 0.348 e. The SMILES string of the molecule is [2H]c1c([2H])c(C([2H])([2H])[2H])c([2H])c([2H])c1-c1nc2ccc(C([2H])([2H])[2H])cn2c1CC(=O)N(C)C([2H])([2H])[2H]. The third-order valence-electron chi connectivity index (χ3n) is 3.27. The Balaban J connectivity index is 2.38. The average Bonchev–Trinajstić information content (AvgIpc) is 3.07. The first-order valence-corrected chi connectivity index (χ1v) is 6.66. The second-order valence-electron chi connectivity index (χ2n) is 4.93. The van der Waals surface area contributed by atoms with Crippen LogP contribution in [0.25, 0.3) is 16.9 Å². The molecule has 0 saturated heterocycles. The number of imidazole rings is 1. The molecule has 3 rings (SSSR count). The molecule has 118 valence electrons. The second-order valence-corrected chi connectivity index (χ2v) is 4.93. The number of pyridine rings is 1. The molecule has 0 unspecified atom stereocenters.